The molecule has 5 amide bonds. The highest BCUT2D eigenvalue weighted by atomic mass is 16.2. The van der Waals surface area contributed by atoms with E-state index in [4.69, 9.17) is 12.2 Å². The Kier molecular flexibility index (Phi) is 18.8. The summed E-state index contributed by atoms with van der Waals surface area (Å²) in [4.78, 5) is 64.3. The SMILES string of the molecule is C#CCCC(NC(=O)C1CCCN1C(=O)C(NC(N)=O)C1CCCCC1)C(=O)C(=O)NCC=C.CC.CCC. The molecule has 0 aromatic heterocycles. The number of terminal acetylenes is 1. The fraction of sp³-hybridized carbons (Fsp3) is 0.690. The first kappa shape index (κ1) is 35.6. The Morgan fingerprint density at radius 1 is 1.05 bits per heavy atom. The minimum atomic E-state index is -1.11. The number of carbonyl (C=O) groups is 5. The van der Waals surface area contributed by atoms with Gasteiger partial charge in [-0.1, -0.05) is 59.5 Å². The molecular weight excluding hydrogens is 498 g/mol. The lowest BCUT2D eigenvalue weighted by Crippen LogP contribution is -2.58. The van der Waals surface area contributed by atoms with Crippen molar-refractivity contribution in [2.24, 2.45) is 11.7 Å². The predicted octanol–water partition coefficient (Wildman–Crippen LogP) is 2.81. The normalized spacial score (nSPS) is 17.9. The molecule has 0 aromatic rings. The van der Waals surface area contributed by atoms with E-state index in [1.807, 2.05) is 13.8 Å². The summed E-state index contributed by atoms with van der Waals surface area (Å²) in [6.07, 6.45) is 13.9. The summed E-state index contributed by atoms with van der Waals surface area (Å²) >= 11 is 0. The molecule has 2 fully saturated rings. The number of rotatable bonds is 11. The third-order valence-electron chi connectivity index (χ3n) is 6.36. The largest absolute Gasteiger partial charge is 0.352 e. The van der Waals surface area contributed by atoms with Crippen molar-refractivity contribution in [3.05, 3.63) is 12.7 Å². The average molecular weight is 548 g/mol. The van der Waals surface area contributed by atoms with Gasteiger partial charge in [-0.2, -0.15) is 0 Å². The first-order valence-corrected chi connectivity index (χ1v) is 14.2. The molecule has 10 nitrogen and oxygen atoms in total. The summed E-state index contributed by atoms with van der Waals surface area (Å²) in [6, 6.07) is -3.50. The number of nitrogens with two attached hydrogens (primary N) is 1. The molecular formula is C29H49N5O5. The van der Waals surface area contributed by atoms with Gasteiger partial charge in [0.05, 0.1) is 6.04 Å². The van der Waals surface area contributed by atoms with E-state index in [2.05, 4.69) is 42.3 Å². The van der Waals surface area contributed by atoms with Crippen molar-refractivity contribution in [2.45, 2.75) is 110 Å². The van der Waals surface area contributed by atoms with Gasteiger partial charge in [-0.25, -0.2) is 4.79 Å². The molecule has 10 heteroatoms. The molecule has 0 radical (unpaired) electrons. The second-order valence-electron chi connectivity index (χ2n) is 9.45. The Bertz CT molecular complexity index is 847. The van der Waals surface area contributed by atoms with Gasteiger partial charge in [0.25, 0.3) is 5.91 Å². The van der Waals surface area contributed by atoms with Crippen molar-refractivity contribution in [1.29, 1.82) is 0 Å². The monoisotopic (exact) mass is 547 g/mol. The maximum absolute atomic E-state index is 13.4. The van der Waals surface area contributed by atoms with Gasteiger partial charge in [0, 0.05) is 19.5 Å². The van der Waals surface area contributed by atoms with Crippen LogP contribution in [0.1, 0.15) is 91.9 Å². The molecule has 1 aliphatic carbocycles. The van der Waals surface area contributed by atoms with Crippen LogP contribution < -0.4 is 21.7 Å². The van der Waals surface area contributed by atoms with Crippen molar-refractivity contribution in [2.75, 3.05) is 13.1 Å². The Morgan fingerprint density at radius 3 is 2.21 bits per heavy atom. The van der Waals surface area contributed by atoms with E-state index < -0.39 is 41.8 Å². The lowest BCUT2D eigenvalue weighted by molar-refractivity contribution is -0.143. The van der Waals surface area contributed by atoms with Crippen molar-refractivity contribution in [1.82, 2.24) is 20.9 Å². The van der Waals surface area contributed by atoms with E-state index in [0.29, 0.717) is 19.4 Å². The molecule has 2 rings (SSSR count). The van der Waals surface area contributed by atoms with Gasteiger partial charge in [0.1, 0.15) is 12.1 Å². The summed E-state index contributed by atoms with van der Waals surface area (Å²) in [5, 5.41) is 7.61. The van der Waals surface area contributed by atoms with Crippen LogP contribution in [0.2, 0.25) is 0 Å². The highest BCUT2D eigenvalue weighted by Gasteiger charge is 2.41. The maximum Gasteiger partial charge on any atom is 0.312 e. The number of carbonyl (C=O) groups excluding carboxylic acids is 5. The van der Waals surface area contributed by atoms with E-state index in [-0.39, 0.29) is 31.2 Å². The second-order valence-corrected chi connectivity index (χ2v) is 9.45. The van der Waals surface area contributed by atoms with Gasteiger partial charge in [-0.3, -0.25) is 19.2 Å². The van der Waals surface area contributed by atoms with Crippen molar-refractivity contribution in [3.63, 3.8) is 0 Å². The van der Waals surface area contributed by atoms with Gasteiger partial charge in [0.2, 0.25) is 17.6 Å². The van der Waals surface area contributed by atoms with Gasteiger partial charge < -0.3 is 26.6 Å². The number of Topliss-reactive ketones (excluding diaryl/α,β-unsaturated/α-hetero) is 1. The van der Waals surface area contributed by atoms with E-state index in [9.17, 15) is 24.0 Å². The number of urea groups is 1. The number of likely N-dealkylation sites (tertiary alicyclic amines) is 1. The van der Waals surface area contributed by atoms with Crippen LogP contribution in [0.3, 0.4) is 0 Å². The molecule has 0 aromatic carbocycles. The fourth-order valence-corrected chi connectivity index (χ4v) is 4.66. The number of amides is 5. The van der Waals surface area contributed by atoms with Gasteiger partial charge in [-0.15, -0.1) is 18.9 Å². The Labute approximate surface area is 234 Å². The highest BCUT2D eigenvalue weighted by molar-refractivity contribution is 6.38. The fourth-order valence-electron chi connectivity index (χ4n) is 4.66. The summed E-state index contributed by atoms with van der Waals surface area (Å²) in [5.74, 6) is -0.167. The second kappa shape index (κ2) is 20.6. The van der Waals surface area contributed by atoms with Crippen LogP contribution in [0, 0.1) is 18.3 Å². The molecule has 1 aliphatic heterocycles. The first-order chi connectivity index (χ1) is 18.7. The third kappa shape index (κ3) is 12.4. The molecule has 1 heterocycles. The molecule has 3 atom stereocenters. The van der Waals surface area contributed by atoms with Crippen LogP contribution in [0.5, 0.6) is 0 Å². The highest BCUT2D eigenvalue weighted by Crippen LogP contribution is 2.29. The van der Waals surface area contributed by atoms with Crippen LogP contribution in [-0.2, 0) is 19.2 Å². The van der Waals surface area contributed by atoms with E-state index in [1.54, 1.807) is 0 Å². The van der Waals surface area contributed by atoms with E-state index in [0.717, 1.165) is 32.1 Å². The minimum absolute atomic E-state index is 0.0448. The van der Waals surface area contributed by atoms with Crippen LogP contribution in [-0.4, -0.2) is 65.7 Å². The van der Waals surface area contributed by atoms with Crippen LogP contribution in [0.4, 0.5) is 4.79 Å². The van der Waals surface area contributed by atoms with E-state index >= 15 is 0 Å². The first-order valence-electron chi connectivity index (χ1n) is 14.2. The van der Waals surface area contributed by atoms with Gasteiger partial charge in [0.15, 0.2) is 0 Å². The zero-order valence-electron chi connectivity index (χ0n) is 24.2. The molecule has 2 aliphatic rings. The molecule has 39 heavy (non-hydrogen) atoms. The molecule has 0 spiro atoms. The minimum Gasteiger partial charge on any atom is -0.352 e. The molecule has 0 bridgehead atoms. The standard InChI is InChI=1S/C24H35N5O5.C3H8.C2H6/c1-3-5-12-17(20(30)22(32)26-14-4-2)27-21(31)18-13-9-15-29(18)23(33)19(28-24(25)34)16-10-7-6-8-11-16;1-3-2;1-2/h1,4,16-19H,2,5-15H2,(H,26,32)(H,27,31)(H3,25,28,34);3H2,1-2H3;1-2H3. The number of ketones is 1. The van der Waals surface area contributed by atoms with E-state index in [1.165, 1.54) is 17.4 Å². The zero-order chi connectivity index (χ0) is 29.8. The topological polar surface area (TPSA) is 151 Å². The molecule has 1 saturated heterocycles. The number of primary amides is 1. The number of hydrogen-bond acceptors (Lipinski definition) is 5. The van der Waals surface area contributed by atoms with Crippen molar-refractivity contribution in [3.8, 4) is 12.3 Å². The summed E-state index contributed by atoms with van der Waals surface area (Å²) in [7, 11) is 0. The van der Waals surface area contributed by atoms with Crippen molar-refractivity contribution >= 4 is 29.5 Å². The molecule has 3 unspecified atom stereocenters. The zero-order valence-corrected chi connectivity index (χ0v) is 24.2. The average Bonchev–Trinajstić information content (AvgIpc) is 3.44. The summed E-state index contributed by atoms with van der Waals surface area (Å²) < 4.78 is 0. The molecule has 1 saturated carbocycles. The number of nitrogens with one attached hydrogen (secondary N) is 3. The lowest BCUT2D eigenvalue weighted by Gasteiger charge is -2.34. The Balaban J connectivity index is 0.00000269. The lowest BCUT2D eigenvalue weighted by atomic mass is 9.83. The van der Waals surface area contributed by atoms with Gasteiger partial charge >= 0.3 is 6.03 Å². The third-order valence-corrected chi connectivity index (χ3v) is 6.36. The smallest absolute Gasteiger partial charge is 0.312 e. The molecule has 220 valence electrons. The Morgan fingerprint density at radius 2 is 1.67 bits per heavy atom. The quantitative estimate of drug-likeness (QED) is 0.178. The predicted molar refractivity (Wildman–Crippen MR) is 153 cm³/mol. The van der Waals surface area contributed by atoms with Crippen LogP contribution >= 0.6 is 0 Å². The Hall–Kier alpha value is -3.35. The van der Waals surface area contributed by atoms with Crippen molar-refractivity contribution < 1.29 is 24.0 Å². The van der Waals surface area contributed by atoms with Crippen LogP contribution in [0.15, 0.2) is 12.7 Å². The van der Waals surface area contributed by atoms with Crippen LogP contribution in [0.25, 0.3) is 0 Å². The maximum atomic E-state index is 13.4. The summed E-state index contributed by atoms with van der Waals surface area (Å²) in [6.45, 7) is 12.2. The number of hydrogen-bond donors (Lipinski definition) is 4. The number of nitrogens with zero attached hydrogens (tertiary/aromatic N) is 1. The summed E-state index contributed by atoms with van der Waals surface area (Å²) in [5.41, 5.74) is 5.34. The van der Waals surface area contributed by atoms with Gasteiger partial charge in [-0.05, 0) is 38.0 Å². The molecule has 5 N–H and O–H groups in total.